The topological polar surface area (TPSA) is 67.9 Å². The number of ether oxygens (including phenoxy) is 2. The van der Waals surface area contributed by atoms with Gasteiger partial charge in [0.15, 0.2) is 11.5 Å². The molecule has 1 saturated heterocycles. The highest BCUT2D eigenvalue weighted by molar-refractivity contribution is 9.10. The van der Waals surface area contributed by atoms with Crippen molar-refractivity contribution < 1.29 is 19.1 Å². The Morgan fingerprint density at radius 1 is 0.963 bits per heavy atom. The van der Waals surface area contributed by atoms with E-state index in [0.717, 1.165) is 17.3 Å². The number of amides is 2. The van der Waals surface area contributed by atoms with Crippen molar-refractivity contribution in [1.82, 2.24) is 10.2 Å². The third-order valence-electron chi connectivity index (χ3n) is 4.84. The lowest BCUT2D eigenvalue weighted by Gasteiger charge is -2.32. The van der Waals surface area contributed by atoms with Crippen molar-refractivity contribution in [3.05, 3.63) is 58.1 Å². The number of carbonyl (C=O) groups excluding carboxylic acids is 2. The van der Waals surface area contributed by atoms with Gasteiger partial charge in [-0.1, -0.05) is 15.9 Å². The number of piperidine rings is 1. The van der Waals surface area contributed by atoms with Gasteiger partial charge in [-0.2, -0.15) is 0 Å². The van der Waals surface area contributed by atoms with Gasteiger partial charge >= 0.3 is 0 Å². The van der Waals surface area contributed by atoms with Crippen LogP contribution in [0.3, 0.4) is 0 Å². The molecule has 1 fully saturated rings. The predicted octanol–water partition coefficient (Wildman–Crippen LogP) is 3.21. The van der Waals surface area contributed by atoms with E-state index >= 15 is 0 Å². The Labute approximate surface area is 165 Å². The molecule has 2 aromatic carbocycles. The van der Waals surface area contributed by atoms with E-state index in [1.165, 1.54) is 0 Å². The Morgan fingerprint density at radius 3 is 2.37 bits per heavy atom. The van der Waals surface area contributed by atoms with E-state index in [9.17, 15) is 9.59 Å². The highest BCUT2D eigenvalue weighted by atomic mass is 79.9. The number of halogens is 1. The number of nitrogens with zero attached hydrogens (tertiary/aromatic N) is 1. The van der Waals surface area contributed by atoms with Crippen LogP contribution in [0.25, 0.3) is 0 Å². The molecular formula is C20H19BrN2O4. The van der Waals surface area contributed by atoms with Crippen LogP contribution in [0.2, 0.25) is 0 Å². The maximum Gasteiger partial charge on any atom is 0.253 e. The van der Waals surface area contributed by atoms with Crippen LogP contribution in [0.5, 0.6) is 11.5 Å². The lowest BCUT2D eigenvalue weighted by molar-refractivity contribution is 0.0698. The van der Waals surface area contributed by atoms with E-state index in [4.69, 9.17) is 9.47 Å². The largest absolute Gasteiger partial charge is 0.454 e. The van der Waals surface area contributed by atoms with Crippen molar-refractivity contribution in [2.24, 2.45) is 0 Å². The summed E-state index contributed by atoms with van der Waals surface area (Å²) in [7, 11) is 0. The van der Waals surface area contributed by atoms with Crippen LogP contribution in [-0.4, -0.2) is 42.6 Å². The molecule has 0 spiro atoms. The molecule has 2 aliphatic rings. The summed E-state index contributed by atoms with van der Waals surface area (Å²) in [6, 6.07) is 12.6. The number of carbonyl (C=O) groups is 2. The molecule has 0 aliphatic carbocycles. The van der Waals surface area contributed by atoms with E-state index in [0.29, 0.717) is 35.7 Å². The van der Waals surface area contributed by atoms with Gasteiger partial charge in [0.05, 0.1) is 0 Å². The lowest BCUT2D eigenvalue weighted by Crippen LogP contribution is -2.46. The van der Waals surface area contributed by atoms with Crippen LogP contribution in [0.4, 0.5) is 0 Å². The van der Waals surface area contributed by atoms with E-state index in [-0.39, 0.29) is 24.6 Å². The minimum Gasteiger partial charge on any atom is -0.454 e. The molecule has 0 radical (unpaired) electrons. The number of likely N-dealkylation sites (tertiary alicyclic amines) is 1. The average molecular weight is 431 g/mol. The third kappa shape index (κ3) is 3.93. The molecule has 0 aromatic heterocycles. The second kappa shape index (κ2) is 7.60. The van der Waals surface area contributed by atoms with Crippen molar-refractivity contribution in [2.75, 3.05) is 19.9 Å². The summed E-state index contributed by atoms with van der Waals surface area (Å²) in [5, 5.41) is 3.05. The SMILES string of the molecule is O=C(NC1CCN(C(=O)c2ccc(Br)cc2)CC1)c1ccc2c(c1)OCO2. The van der Waals surface area contributed by atoms with E-state index in [1.807, 2.05) is 29.2 Å². The first-order chi connectivity index (χ1) is 13.1. The van der Waals surface area contributed by atoms with Gasteiger partial charge < -0.3 is 19.7 Å². The fraction of sp³-hybridized carbons (Fsp3) is 0.300. The van der Waals surface area contributed by atoms with Crippen molar-refractivity contribution >= 4 is 27.7 Å². The van der Waals surface area contributed by atoms with Crippen LogP contribution in [0, 0.1) is 0 Å². The zero-order valence-electron chi connectivity index (χ0n) is 14.6. The zero-order chi connectivity index (χ0) is 18.8. The van der Waals surface area contributed by atoms with Gasteiger partial charge in [0.1, 0.15) is 0 Å². The molecule has 4 rings (SSSR count). The van der Waals surface area contributed by atoms with Gasteiger partial charge in [-0.25, -0.2) is 0 Å². The van der Waals surface area contributed by atoms with Gasteiger partial charge in [0.25, 0.3) is 11.8 Å². The summed E-state index contributed by atoms with van der Waals surface area (Å²) in [4.78, 5) is 26.9. The molecule has 2 amide bonds. The van der Waals surface area contributed by atoms with Crippen molar-refractivity contribution in [2.45, 2.75) is 18.9 Å². The smallest absolute Gasteiger partial charge is 0.253 e. The first-order valence-corrected chi connectivity index (χ1v) is 9.65. The van der Waals surface area contributed by atoms with Crippen LogP contribution in [0.15, 0.2) is 46.9 Å². The van der Waals surface area contributed by atoms with Gasteiger partial charge in [0, 0.05) is 34.7 Å². The maximum atomic E-state index is 12.6. The maximum absolute atomic E-state index is 12.6. The van der Waals surface area contributed by atoms with E-state index < -0.39 is 0 Å². The Morgan fingerprint density at radius 2 is 1.63 bits per heavy atom. The Bertz CT molecular complexity index is 861. The molecule has 2 aliphatic heterocycles. The van der Waals surface area contributed by atoms with E-state index in [1.54, 1.807) is 18.2 Å². The van der Waals surface area contributed by atoms with Gasteiger partial charge in [0.2, 0.25) is 6.79 Å². The molecule has 2 heterocycles. The molecular weight excluding hydrogens is 412 g/mol. The number of hydrogen-bond acceptors (Lipinski definition) is 4. The summed E-state index contributed by atoms with van der Waals surface area (Å²) in [6.07, 6.45) is 1.47. The molecule has 27 heavy (non-hydrogen) atoms. The molecule has 7 heteroatoms. The molecule has 0 unspecified atom stereocenters. The molecule has 140 valence electrons. The second-order valence-electron chi connectivity index (χ2n) is 6.61. The second-order valence-corrected chi connectivity index (χ2v) is 7.53. The normalized spacial score (nSPS) is 16.3. The lowest BCUT2D eigenvalue weighted by atomic mass is 10.0. The summed E-state index contributed by atoms with van der Waals surface area (Å²) in [5.41, 5.74) is 1.23. The minimum atomic E-state index is -0.133. The molecule has 0 atom stereocenters. The van der Waals surface area contributed by atoms with Gasteiger partial charge in [-0.05, 0) is 55.3 Å². The summed E-state index contributed by atoms with van der Waals surface area (Å²) < 4.78 is 11.5. The summed E-state index contributed by atoms with van der Waals surface area (Å²) in [5.74, 6) is 1.15. The third-order valence-corrected chi connectivity index (χ3v) is 5.37. The molecule has 2 aromatic rings. The van der Waals surface area contributed by atoms with Crippen LogP contribution < -0.4 is 14.8 Å². The first-order valence-electron chi connectivity index (χ1n) is 8.85. The van der Waals surface area contributed by atoms with Crippen molar-refractivity contribution in [3.8, 4) is 11.5 Å². The molecule has 0 saturated carbocycles. The summed E-state index contributed by atoms with van der Waals surface area (Å²) in [6.45, 7) is 1.44. The number of nitrogens with one attached hydrogen (secondary N) is 1. The number of rotatable bonds is 3. The standard InChI is InChI=1S/C20H19BrN2O4/c21-15-4-1-13(2-5-15)20(25)23-9-7-16(8-10-23)22-19(24)14-3-6-17-18(11-14)27-12-26-17/h1-6,11,16H,7-10,12H2,(H,22,24). The van der Waals surface area contributed by atoms with Crippen molar-refractivity contribution in [3.63, 3.8) is 0 Å². The van der Waals surface area contributed by atoms with Gasteiger partial charge in [-0.15, -0.1) is 0 Å². The fourth-order valence-corrected chi connectivity index (χ4v) is 3.57. The van der Waals surface area contributed by atoms with Crippen LogP contribution in [0.1, 0.15) is 33.6 Å². The van der Waals surface area contributed by atoms with Crippen LogP contribution >= 0.6 is 15.9 Å². The predicted molar refractivity (Wildman–Crippen MR) is 103 cm³/mol. The Balaban J connectivity index is 1.32. The molecule has 6 nitrogen and oxygen atoms in total. The Kier molecular flexibility index (Phi) is 5.03. The highest BCUT2D eigenvalue weighted by Crippen LogP contribution is 2.32. The van der Waals surface area contributed by atoms with Crippen molar-refractivity contribution in [1.29, 1.82) is 0 Å². The first kappa shape index (κ1) is 17.9. The fourth-order valence-electron chi connectivity index (χ4n) is 3.31. The summed E-state index contributed by atoms with van der Waals surface area (Å²) >= 11 is 3.38. The molecule has 0 bridgehead atoms. The number of benzene rings is 2. The number of hydrogen-bond donors (Lipinski definition) is 1. The highest BCUT2D eigenvalue weighted by Gasteiger charge is 2.25. The van der Waals surface area contributed by atoms with Gasteiger partial charge in [-0.3, -0.25) is 9.59 Å². The van der Waals surface area contributed by atoms with E-state index in [2.05, 4.69) is 21.2 Å². The molecule has 1 N–H and O–H groups in total. The monoisotopic (exact) mass is 430 g/mol. The zero-order valence-corrected chi connectivity index (χ0v) is 16.2. The Hall–Kier alpha value is -2.54. The number of fused-ring (bicyclic) bond motifs is 1. The minimum absolute atomic E-state index is 0.0306. The average Bonchev–Trinajstić information content (AvgIpc) is 3.16. The quantitative estimate of drug-likeness (QED) is 0.811. The van der Waals surface area contributed by atoms with Crippen LogP contribution in [-0.2, 0) is 0 Å².